The zero-order valence-electron chi connectivity index (χ0n) is 8.37. The molecule has 3 nitrogen and oxygen atoms in total. The van der Waals surface area contributed by atoms with Gasteiger partial charge in [-0.05, 0) is 24.6 Å². The SMILES string of the molecule is CC(Nc1ncc[nH]1)c1ccc(Br)cc1. The Morgan fingerprint density at radius 2 is 2.07 bits per heavy atom. The van der Waals surface area contributed by atoms with Crippen molar-refractivity contribution in [2.75, 3.05) is 5.32 Å². The second-order valence-corrected chi connectivity index (χ2v) is 4.27. The lowest BCUT2D eigenvalue weighted by Crippen LogP contribution is -2.07. The lowest BCUT2D eigenvalue weighted by molar-refractivity contribution is 0.867. The highest BCUT2D eigenvalue weighted by Crippen LogP contribution is 2.19. The average molecular weight is 266 g/mol. The van der Waals surface area contributed by atoms with Gasteiger partial charge in [0.2, 0.25) is 5.95 Å². The topological polar surface area (TPSA) is 40.7 Å². The first kappa shape index (κ1) is 10.2. The number of halogens is 1. The van der Waals surface area contributed by atoms with Crippen LogP contribution in [0.3, 0.4) is 0 Å². The average Bonchev–Trinajstić information content (AvgIpc) is 2.71. The molecule has 0 saturated carbocycles. The third-order valence-electron chi connectivity index (χ3n) is 2.22. The molecule has 1 unspecified atom stereocenters. The molecule has 15 heavy (non-hydrogen) atoms. The van der Waals surface area contributed by atoms with Crippen LogP contribution in [0.15, 0.2) is 41.1 Å². The molecule has 2 N–H and O–H groups in total. The number of aromatic amines is 1. The molecule has 0 saturated heterocycles. The van der Waals surface area contributed by atoms with Crippen molar-refractivity contribution in [2.24, 2.45) is 0 Å². The third kappa shape index (κ3) is 2.59. The van der Waals surface area contributed by atoms with Crippen molar-refractivity contribution < 1.29 is 0 Å². The van der Waals surface area contributed by atoms with Crippen LogP contribution in [0.5, 0.6) is 0 Å². The van der Waals surface area contributed by atoms with E-state index in [4.69, 9.17) is 0 Å². The summed E-state index contributed by atoms with van der Waals surface area (Å²) in [6.45, 7) is 2.10. The standard InChI is InChI=1S/C11H12BrN3/c1-8(15-11-13-6-7-14-11)9-2-4-10(12)5-3-9/h2-8H,1H3,(H2,13,14,15). The van der Waals surface area contributed by atoms with Gasteiger partial charge in [0.25, 0.3) is 0 Å². The molecule has 0 aliphatic rings. The maximum Gasteiger partial charge on any atom is 0.200 e. The Morgan fingerprint density at radius 1 is 1.33 bits per heavy atom. The van der Waals surface area contributed by atoms with E-state index < -0.39 is 0 Å². The Kier molecular flexibility index (Phi) is 3.06. The van der Waals surface area contributed by atoms with Crippen LogP contribution in [-0.4, -0.2) is 9.97 Å². The monoisotopic (exact) mass is 265 g/mol. The van der Waals surface area contributed by atoms with Crippen LogP contribution >= 0.6 is 15.9 Å². The van der Waals surface area contributed by atoms with E-state index in [9.17, 15) is 0 Å². The summed E-state index contributed by atoms with van der Waals surface area (Å²) >= 11 is 3.42. The van der Waals surface area contributed by atoms with E-state index in [2.05, 4.69) is 50.3 Å². The van der Waals surface area contributed by atoms with Gasteiger partial charge in [0.15, 0.2) is 0 Å². The first-order valence-corrected chi connectivity index (χ1v) is 5.56. The Morgan fingerprint density at radius 3 is 2.67 bits per heavy atom. The molecular formula is C11H12BrN3. The zero-order chi connectivity index (χ0) is 10.7. The van der Waals surface area contributed by atoms with Gasteiger partial charge in [-0.1, -0.05) is 28.1 Å². The maximum atomic E-state index is 4.12. The summed E-state index contributed by atoms with van der Waals surface area (Å²) in [5.41, 5.74) is 1.23. The summed E-state index contributed by atoms with van der Waals surface area (Å²) in [6.07, 6.45) is 3.53. The van der Waals surface area contributed by atoms with Gasteiger partial charge in [-0.15, -0.1) is 0 Å². The molecule has 4 heteroatoms. The van der Waals surface area contributed by atoms with E-state index in [1.807, 2.05) is 12.1 Å². The van der Waals surface area contributed by atoms with Gasteiger partial charge in [-0.3, -0.25) is 0 Å². The molecule has 1 atom stereocenters. The van der Waals surface area contributed by atoms with Crippen LogP contribution in [0.4, 0.5) is 5.95 Å². The number of imidazole rings is 1. The molecule has 1 heterocycles. The number of nitrogens with one attached hydrogen (secondary N) is 2. The number of aromatic nitrogens is 2. The van der Waals surface area contributed by atoms with Crippen molar-refractivity contribution >= 4 is 21.9 Å². The number of nitrogens with zero attached hydrogens (tertiary/aromatic N) is 1. The van der Waals surface area contributed by atoms with Gasteiger partial charge in [-0.25, -0.2) is 4.98 Å². The summed E-state index contributed by atoms with van der Waals surface area (Å²) in [6, 6.07) is 8.49. The Labute approximate surface area is 97.1 Å². The fourth-order valence-corrected chi connectivity index (χ4v) is 1.65. The lowest BCUT2D eigenvalue weighted by atomic mass is 10.1. The smallest absolute Gasteiger partial charge is 0.200 e. The van der Waals surface area contributed by atoms with Gasteiger partial charge in [0.05, 0.1) is 6.04 Å². The zero-order valence-corrected chi connectivity index (χ0v) is 9.95. The van der Waals surface area contributed by atoms with Gasteiger partial charge in [0, 0.05) is 16.9 Å². The molecule has 0 radical (unpaired) electrons. The van der Waals surface area contributed by atoms with Crippen LogP contribution < -0.4 is 5.32 Å². The van der Waals surface area contributed by atoms with Gasteiger partial charge < -0.3 is 10.3 Å². The van der Waals surface area contributed by atoms with Gasteiger partial charge in [0.1, 0.15) is 0 Å². The summed E-state index contributed by atoms with van der Waals surface area (Å²) < 4.78 is 1.09. The molecule has 0 aliphatic carbocycles. The number of hydrogen-bond donors (Lipinski definition) is 2. The number of benzene rings is 1. The highest BCUT2D eigenvalue weighted by molar-refractivity contribution is 9.10. The number of H-pyrrole nitrogens is 1. The Hall–Kier alpha value is -1.29. The highest BCUT2D eigenvalue weighted by Gasteiger charge is 2.05. The molecule has 0 amide bonds. The van der Waals surface area contributed by atoms with E-state index in [0.29, 0.717) is 0 Å². The second-order valence-electron chi connectivity index (χ2n) is 3.36. The van der Waals surface area contributed by atoms with Crippen LogP contribution in [0.2, 0.25) is 0 Å². The van der Waals surface area contributed by atoms with Gasteiger partial charge in [-0.2, -0.15) is 0 Å². The summed E-state index contributed by atoms with van der Waals surface area (Å²) in [7, 11) is 0. The van der Waals surface area contributed by atoms with Crippen LogP contribution in [-0.2, 0) is 0 Å². The molecule has 1 aromatic carbocycles. The minimum Gasteiger partial charge on any atom is -0.349 e. The van der Waals surface area contributed by atoms with Crippen LogP contribution in [0.1, 0.15) is 18.5 Å². The predicted molar refractivity (Wildman–Crippen MR) is 64.8 cm³/mol. The molecule has 0 fully saturated rings. The van der Waals surface area contributed by atoms with Crippen LogP contribution in [0.25, 0.3) is 0 Å². The van der Waals surface area contributed by atoms with Crippen molar-refractivity contribution in [3.63, 3.8) is 0 Å². The second kappa shape index (κ2) is 4.49. The highest BCUT2D eigenvalue weighted by atomic mass is 79.9. The molecule has 0 spiro atoms. The molecule has 0 aliphatic heterocycles. The fraction of sp³-hybridized carbons (Fsp3) is 0.182. The number of hydrogen-bond acceptors (Lipinski definition) is 2. The summed E-state index contributed by atoms with van der Waals surface area (Å²) in [5.74, 6) is 0.797. The van der Waals surface area contributed by atoms with Gasteiger partial charge >= 0.3 is 0 Å². The van der Waals surface area contributed by atoms with E-state index in [-0.39, 0.29) is 6.04 Å². The molecule has 2 rings (SSSR count). The van der Waals surface area contributed by atoms with E-state index in [1.54, 1.807) is 12.4 Å². The third-order valence-corrected chi connectivity index (χ3v) is 2.75. The first-order valence-electron chi connectivity index (χ1n) is 4.77. The lowest BCUT2D eigenvalue weighted by Gasteiger charge is -2.13. The van der Waals surface area contributed by atoms with E-state index in [0.717, 1.165) is 10.4 Å². The Bertz CT molecular complexity index is 408. The minimum absolute atomic E-state index is 0.240. The van der Waals surface area contributed by atoms with Crippen molar-refractivity contribution in [3.05, 3.63) is 46.7 Å². The minimum atomic E-state index is 0.240. The maximum absolute atomic E-state index is 4.12. The molecule has 1 aromatic heterocycles. The van der Waals surface area contributed by atoms with Crippen molar-refractivity contribution in [1.82, 2.24) is 9.97 Å². The first-order chi connectivity index (χ1) is 7.25. The quantitative estimate of drug-likeness (QED) is 0.894. The van der Waals surface area contributed by atoms with Crippen molar-refractivity contribution in [2.45, 2.75) is 13.0 Å². The molecule has 78 valence electrons. The predicted octanol–water partition coefficient (Wildman–Crippen LogP) is 3.35. The molecule has 2 aromatic rings. The normalized spacial score (nSPS) is 12.4. The van der Waals surface area contributed by atoms with Crippen molar-refractivity contribution in [3.8, 4) is 0 Å². The Balaban J connectivity index is 2.08. The molecule has 0 bridgehead atoms. The van der Waals surface area contributed by atoms with Crippen molar-refractivity contribution in [1.29, 1.82) is 0 Å². The largest absolute Gasteiger partial charge is 0.349 e. The van der Waals surface area contributed by atoms with Crippen LogP contribution in [0, 0.1) is 0 Å². The van der Waals surface area contributed by atoms with E-state index >= 15 is 0 Å². The fourth-order valence-electron chi connectivity index (χ4n) is 1.38. The van der Waals surface area contributed by atoms with E-state index in [1.165, 1.54) is 5.56 Å². The summed E-state index contributed by atoms with van der Waals surface area (Å²) in [4.78, 5) is 7.14. The summed E-state index contributed by atoms with van der Waals surface area (Å²) in [5, 5.41) is 3.28. The molecular weight excluding hydrogens is 254 g/mol. The number of anilines is 1. The number of rotatable bonds is 3.